The monoisotopic (exact) mass is 382 g/mol. The Kier molecular flexibility index (Phi) is 8.06. The van der Waals surface area contributed by atoms with Crippen molar-refractivity contribution in [2.45, 2.75) is 57.3 Å². The van der Waals surface area contributed by atoms with Gasteiger partial charge in [-0.2, -0.15) is 4.31 Å². The van der Waals surface area contributed by atoms with E-state index in [2.05, 4.69) is 12.2 Å². The summed E-state index contributed by atoms with van der Waals surface area (Å²) in [5, 5.41) is 2.87. The molecular formula is C19H30N2O4S. The van der Waals surface area contributed by atoms with Gasteiger partial charge in [0.2, 0.25) is 15.9 Å². The molecule has 1 N–H and O–H groups in total. The van der Waals surface area contributed by atoms with Gasteiger partial charge in [0.05, 0.1) is 18.1 Å². The van der Waals surface area contributed by atoms with E-state index in [-0.39, 0.29) is 10.8 Å². The Balaban J connectivity index is 2.01. The lowest BCUT2D eigenvalue weighted by molar-refractivity contribution is -0.116. The number of carbonyl (C=O) groups excluding carboxylic acids is 1. The van der Waals surface area contributed by atoms with Gasteiger partial charge in [-0.25, -0.2) is 8.42 Å². The van der Waals surface area contributed by atoms with Gasteiger partial charge in [-0.1, -0.05) is 38.7 Å². The first-order valence-corrected chi connectivity index (χ1v) is 10.9. The van der Waals surface area contributed by atoms with Crippen molar-refractivity contribution in [1.29, 1.82) is 0 Å². The van der Waals surface area contributed by atoms with E-state index in [4.69, 9.17) is 4.74 Å². The number of ether oxygens (including phenoxy) is 1. The highest BCUT2D eigenvalue weighted by atomic mass is 32.2. The molecule has 7 heteroatoms. The van der Waals surface area contributed by atoms with Crippen LogP contribution in [0.1, 0.15) is 51.0 Å². The summed E-state index contributed by atoms with van der Waals surface area (Å²) < 4.78 is 32.2. The Morgan fingerprint density at radius 2 is 1.85 bits per heavy atom. The smallest absolute Gasteiger partial charge is 0.243 e. The number of hydrogen-bond donors (Lipinski definition) is 1. The lowest BCUT2D eigenvalue weighted by Gasteiger charge is -2.26. The summed E-state index contributed by atoms with van der Waals surface area (Å²) in [6.07, 6.45) is 5.89. The molecule has 1 fully saturated rings. The van der Waals surface area contributed by atoms with Crippen LogP contribution in [-0.4, -0.2) is 44.9 Å². The van der Waals surface area contributed by atoms with Crippen LogP contribution in [0.15, 0.2) is 23.1 Å². The second-order valence-corrected chi connectivity index (χ2v) is 8.64. The average Bonchev–Trinajstić information content (AvgIpc) is 2.64. The largest absolute Gasteiger partial charge is 0.379 e. The number of benzene rings is 1. The first-order chi connectivity index (χ1) is 12.4. The van der Waals surface area contributed by atoms with Crippen LogP contribution < -0.4 is 5.32 Å². The highest BCUT2D eigenvalue weighted by Gasteiger charge is 2.26. The lowest BCUT2D eigenvalue weighted by Crippen LogP contribution is -2.40. The second-order valence-electron chi connectivity index (χ2n) is 6.71. The van der Waals surface area contributed by atoms with E-state index in [1.54, 1.807) is 18.2 Å². The highest BCUT2D eigenvalue weighted by Crippen LogP contribution is 2.24. The van der Waals surface area contributed by atoms with Crippen molar-refractivity contribution in [3.05, 3.63) is 23.8 Å². The van der Waals surface area contributed by atoms with Gasteiger partial charge in [0.15, 0.2) is 0 Å². The molecule has 6 nitrogen and oxygen atoms in total. The van der Waals surface area contributed by atoms with E-state index in [9.17, 15) is 13.2 Å². The molecule has 26 heavy (non-hydrogen) atoms. The van der Waals surface area contributed by atoms with Crippen molar-refractivity contribution in [2.75, 3.05) is 31.6 Å². The molecule has 0 bridgehead atoms. The number of nitrogens with zero attached hydrogens (tertiary/aromatic N) is 1. The summed E-state index contributed by atoms with van der Waals surface area (Å²) >= 11 is 0. The van der Waals surface area contributed by atoms with Crippen LogP contribution in [0.3, 0.4) is 0 Å². The maximum Gasteiger partial charge on any atom is 0.243 e. The SMILES string of the molecule is CCCCCCCC(=O)Nc1cc(S(=O)(=O)N2CCOCC2)ccc1C. The van der Waals surface area contributed by atoms with E-state index in [1.807, 2.05) is 6.92 Å². The molecule has 2 rings (SSSR count). The van der Waals surface area contributed by atoms with Gasteiger partial charge in [0.1, 0.15) is 0 Å². The van der Waals surface area contributed by atoms with E-state index >= 15 is 0 Å². The third-order valence-corrected chi connectivity index (χ3v) is 6.49. The van der Waals surface area contributed by atoms with Gasteiger partial charge >= 0.3 is 0 Å². The topological polar surface area (TPSA) is 75.7 Å². The molecule has 0 spiro atoms. The number of anilines is 1. The average molecular weight is 383 g/mol. The van der Waals surface area contributed by atoms with Gasteiger partial charge in [0, 0.05) is 25.2 Å². The van der Waals surface area contributed by atoms with Crippen molar-refractivity contribution in [3.8, 4) is 0 Å². The summed E-state index contributed by atoms with van der Waals surface area (Å²) in [5.74, 6) is -0.0643. The quantitative estimate of drug-likeness (QED) is 0.665. The molecule has 1 saturated heterocycles. The normalized spacial score (nSPS) is 15.8. The van der Waals surface area contributed by atoms with Crippen LogP contribution in [0.25, 0.3) is 0 Å². The number of morpholine rings is 1. The van der Waals surface area contributed by atoms with Crippen molar-refractivity contribution >= 4 is 21.6 Å². The number of carbonyl (C=O) groups is 1. The van der Waals surface area contributed by atoms with E-state index in [0.29, 0.717) is 38.4 Å². The Bertz CT molecular complexity index is 697. The first kappa shape index (κ1) is 20.9. The molecule has 1 aromatic rings. The maximum atomic E-state index is 12.8. The second kappa shape index (κ2) is 10.0. The van der Waals surface area contributed by atoms with Crippen molar-refractivity contribution in [2.24, 2.45) is 0 Å². The summed E-state index contributed by atoms with van der Waals surface area (Å²) in [5.41, 5.74) is 1.42. The fraction of sp³-hybridized carbons (Fsp3) is 0.632. The fourth-order valence-corrected chi connectivity index (χ4v) is 4.37. The van der Waals surface area contributed by atoms with Crippen LogP contribution in [0.5, 0.6) is 0 Å². The minimum Gasteiger partial charge on any atom is -0.379 e. The molecule has 146 valence electrons. The van der Waals surface area contributed by atoms with E-state index < -0.39 is 10.0 Å². The number of rotatable bonds is 9. The van der Waals surface area contributed by atoms with E-state index in [1.165, 1.54) is 17.1 Å². The van der Waals surface area contributed by atoms with Gasteiger partial charge in [-0.05, 0) is 31.0 Å². The van der Waals surface area contributed by atoms with Crippen LogP contribution in [0.2, 0.25) is 0 Å². The van der Waals surface area contributed by atoms with E-state index in [0.717, 1.165) is 24.8 Å². The molecule has 0 radical (unpaired) electrons. The summed E-state index contributed by atoms with van der Waals surface area (Å²) in [4.78, 5) is 12.4. The Morgan fingerprint density at radius 3 is 2.54 bits per heavy atom. The van der Waals surface area contributed by atoms with Crippen molar-refractivity contribution < 1.29 is 17.9 Å². The molecule has 0 aliphatic carbocycles. The van der Waals surface area contributed by atoms with Crippen LogP contribution in [0.4, 0.5) is 5.69 Å². The minimum absolute atomic E-state index is 0.0643. The van der Waals surface area contributed by atoms with Crippen LogP contribution in [0, 0.1) is 6.92 Å². The number of unbranched alkanes of at least 4 members (excludes halogenated alkanes) is 4. The zero-order chi connectivity index (χ0) is 19.0. The first-order valence-electron chi connectivity index (χ1n) is 9.43. The molecule has 1 aliphatic heterocycles. The lowest BCUT2D eigenvalue weighted by atomic mass is 10.1. The van der Waals surface area contributed by atoms with Crippen molar-refractivity contribution in [1.82, 2.24) is 4.31 Å². The predicted octanol–water partition coefficient (Wildman–Crippen LogP) is 3.31. The molecule has 1 amide bonds. The van der Waals surface area contributed by atoms with Gasteiger partial charge in [-0.15, -0.1) is 0 Å². The van der Waals surface area contributed by atoms with Gasteiger partial charge in [0.25, 0.3) is 0 Å². The standard InChI is InChI=1S/C19H30N2O4S/c1-3-4-5-6-7-8-19(22)20-18-15-17(10-9-16(18)2)26(23,24)21-11-13-25-14-12-21/h9-10,15H,3-8,11-14H2,1-2H3,(H,20,22). The zero-order valence-electron chi connectivity index (χ0n) is 15.8. The van der Waals surface area contributed by atoms with Gasteiger partial charge < -0.3 is 10.1 Å². The summed E-state index contributed by atoms with van der Waals surface area (Å²) in [7, 11) is -3.56. The number of sulfonamides is 1. The number of aryl methyl sites for hydroxylation is 1. The zero-order valence-corrected chi connectivity index (χ0v) is 16.6. The molecular weight excluding hydrogens is 352 g/mol. The molecule has 0 unspecified atom stereocenters. The van der Waals surface area contributed by atoms with Crippen LogP contribution >= 0.6 is 0 Å². The van der Waals surface area contributed by atoms with Crippen molar-refractivity contribution in [3.63, 3.8) is 0 Å². The third kappa shape index (κ3) is 5.79. The molecule has 0 aromatic heterocycles. The molecule has 1 aliphatic rings. The molecule has 1 heterocycles. The molecule has 0 atom stereocenters. The Morgan fingerprint density at radius 1 is 1.15 bits per heavy atom. The Hall–Kier alpha value is -1.44. The summed E-state index contributed by atoms with van der Waals surface area (Å²) in [6, 6.07) is 4.90. The van der Waals surface area contributed by atoms with Crippen LogP contribution in [-0.2, 0) is 19.6 Å². The highest BCUT2D eigenvalue weighted by molar-refractivity contribution is 7.89. The third-order valence-electron chi connectivity index (χ3n) is 4.60. The van der Waals surface area contributed by atoms with Gasteiger partial charge in [-0.3, -0.25) is 4.79 Å². The Labute approximate surface area is 157 Å². The number of hydrogen-bond acceptors (Lipinski definition) is 4. The number of nitrogens with one attached hydrogen (secondary N) is 1. The number of amides is 1. The maximum absolute atomic E-state index is 12.8. The predicted molar refractivity (Wildman–Crippen MR) is 103 cm³/mol. The fourth-order valence-electron chi connectivity index (χ4n) is 2.93. The minimum atomic E-state index is -3.56. The summed E-state index contributed by atoms with van der Waals surface area (Å²) in [6.45, 7) is 5.56. The molecule has 1 aromatic carbocycles. The molecule has 0 saturated carbocycles.